The van der Waals surface area contributed by atoms with Crippen molar-refractivity contribution >= 4 is 59.4 Å². The van der Waals surface area contributed by atoms with Crippen molar-refractivity contribution in [2.75, 3.05) is 0 Å². The highest BCUT2D eigenvalue weighted by atomic mass is 79.9. The van der Waals surface area contributed by atoms with E-state index in [9.17, 15) is 18.0 Å². The van der Waals surface area contributed by atoms with Gasteiger partial charge in [-0.15, -0.1) is 0 Å². The number of hydrogen-bond acceptors (Lipinski definition) is 2. The minimum atomic E-state index is -5.02. The van der Waals surface area contributed by atoms with Crippen LogP contribution in [0.25, 0.3) is 21.5 Å². The quantitative estimate of drug-likeness (QED) is 0.209. The standard InChI is InChI=1S/C20H13Br2F3O2/c21-15-9-16(22)18(27-19(26)20(23,24)25)13-6-5-12-7-10-3-1-2-4-11(10)8-14(12)17(13)15/h1-8,15-16,18H,9H2/t15-,16+,18+/m1/s1. The SMILES string of the molecule is O=C(O[C@H]1c2ccc3cc4ccccc4cc3c2[C@H](Br)C[C@@H]1Br)C(F)(F)F. The molecule has 0 amide bonds. The average Bonchev–Trinajstić information content (AvgIpc) is 2.61. The third-order valence-electron chi connectivity index (χ3n) is 4.81. The first-order valence-corrected chi connectivity index (χ1v) is 10.1. The molecule has 1 aliphatic carbocycles. The zero-order valence-corrected chi connectivity index (χ0v) is 16.9. The van der Waals surface area contributed by atoms with Gasteiger partial charge in [-0.05, 0) is 51.2 Å². The number of carbonyl (C=O) groups excluding carboxylic acids is 1. The smallest absolute Gasteiger partial charge is 0.450 e. The largest absolute Gasteiger partial charge is 0.490 e. The molecule has 3 aromatic rings. The van der Waals surface area contributed by atoms with Crippen LogP contribution in [0, 0.1) is 0 Å². The number of halogens is 5. The van der Waals surface area contributed by atoms with Gasteiger partial charge in [-0.2, -0.15) is 13.2 Å². The molecule has 0 spiro atoms. The van der Waals surface area contributed by atoms with Crippen LogP contribution in [0.3, 0.4) is 0 Å². The summed E-state index contributed by atoms with van der Waals surface area (Å²) in [6, 6.07) is 15.6. The molecule has 0 aromatic heterocycles. The van der Waals surface area contributed by atoms with Crippen LogP contribution < -0.4 is 0 Å². The molecule has 0 fully saturated rings. The van der Waals surface area contributed by atoms with Crippen LogP contribution >= 0.6 is 31.9 Å². The van der Waals surface area contributed by atoms with Gasteiger partial charge in [0.2, 0.25) is 0 Å². The van der Waals surface area contributed by atoms with E-state index in [1.165, 1.54) is 0 Å². The number of rotatable bonds is 1. The third-order valence-corrected chi connectivity index (χ3v) is 6.49. The number of carbonyl (C=O) groups is 1. The van der Waals surface area contributed by atoms with Gasteiger partial charge in [0.05, 0.1) is 4.83 Å². The highest BCUT2D eigenvalue weighted by Crippen LogP contribution is 2.49. The summed E-state index contributed by atoms with van der Waals surface area (Å²) in [6.07, 6.45) is -5.53. The predicted molar refractivity (Wildman–Crippen MR) is 105 cm³/mol. The van der Waals surface area contributed by atoms with E-state index in [0.717, 1.165) is 27.1 Å². The first-order valence-electron chi connectivity index (χ1n) is 8.27. The van der Waals surface area contributed by atoms with Crippen LogP contribution in [-0.2, 0) is 9.53 Å². The van der Waals surface area contributed by atoms with Crippen molar-refractivity contribution < 1.29 is 22.7 Å². The van der Waals surface area contributed by atoms with Crippen molar-refractivity contribution in [1.82, 2.24) is 0 Å². The summed E-state index contributed by atoms with van der Waals surface area (Å²) in [6.45, 7) is 0. The number of esters is 1. The first kappa shape index (κ1) is 18.7. The van der Waals surface area contributed by atoms with Crippen molar-refractivity contribution in [3.8, 4) is 0 Å². The molecule has 4 rings (SSSR count). The van der Waals surface area contributed by atoms with Crippen LogP contribution in [-0.4, -0.2) is 17.0 Å². The first-order chi connectivity index (χ1) is 12.8. The second-order valence-corrected chi connectivity index (χ2v) is 8.81. The summed E-state index contributed by atoms with van der Waals surface area (Å²) in [5, 5.41) is 4.07. The summed E-state index contributed by atoms with van der Waals surface area (Å²) in [5.74, 6) is -2.17. The lowest BCUT2D eigenvalue weighted by Crippen LogP contribution is -2.32. The van der Waals surface area contributed by atoms with Crippen LogP contribution in [0.5, 0.6) is 0 Å². The molecule has 0 heterocycles. The Kier molecular flexibility index (Phi) is 4.71. The van der Waals surface area contributed by atoms with Crippen LogP contribution in [0.15, 0.2) is 48.5 Å². The Morgan fingerprint density at radius 1 is 1.00 bits per heavy atom. The normalized spacial score (nSPS) is 22.6. The Morgan fingerprint density at radius 3 is 2.33 bits per heavy atom. The van der Waals surface area contributed by atoms with E-state index in [1.54, 1.807) is 6.07 Å². The molecule has 7 heteroatoms. The molecule has 3 atom stereocenters. The van der Waals surface area contributed by atoms with E-state index in [1.807, 2.05) is 36.4 Å². The molecule has 0 aliphatic heterocycles. The second-order valence-electron chi connectivity index (χ2n) is 6.53. The van der Waals surface area contributed by atoms with Crippen molar-refractivity contribution in [1.29, 1.82) is 0 Å². The molecule has 3 aromatic carbocycles. The minimum absolute atomic E-state index is 0.0671. The number of hydrogen-bond donors (Lipinski definition) is 0. The maximum Gasteiger partial charge on any atom is 0.490 e. The number of alkyl halides is 5. The Bertz CT molecular complexity index is 1050. The summed E-state index contributed by atoms with van der Waals surface area (Å²) in [5.41, 5.74) is 1.46. The molecule has 0 saturated heterocycles. The maximum atomic E-state index is 12.7. The zero-order chi connectivity index (χ0) is 19.3. The molecule has 0 bridgehead atoms. The van der Waals surface area contributed by atoms with Gasteiger partial charge >= 0.3 is 12.1 Å². The fraction of sp³-hybridized carbons (Fsp3) is 0.250. The van der Waals surface area contributed by atoms with Gasteiger partial charge in [-0.3, -0.25) is 0 Å². The minimum Gasteiger partial charge on any atom is -0.450 e. The van der Waals surface area contributed by atoms with Gasteiger partial charge in [-0.1, -0.05) is 68.3 Å². The molecular formula is C20H13Br2F3O2. The summed E-state index contributed by atoms with van der Waals surface area (Å²) in [7, 11) is 0. The van der Waals surface area contributed by atoms with E-state index < -0.39 is 23.1 Å². The van der Waals surface area contributed by atoms with E-state index in [0.29, 0.717) is 12.0 Å². The summed E-state index contributed by atoms with van der Waals surface area (Å²) >= 11 is 7.04. The Morgan fingerprint density at radius 2 is 1.67 bits per heavy atom. The summed E-state index contributed by atoms with van der Waals surface area (Å²) in [4.78, 5) is 10.9. The molecule has 27 heavy (non-hydrogen) atoms. The van der Waals surface area contributed by atoms with Gasteiger partial charge in [0, 0.05) is 4.83 Å². The van der Waals surface area contributed by atoms with E-state index in [2.05, 4.69) is 37.9 Å². The number of fused-ring (bicyclic) bond motifs is 4. The van der Waals surface area contributed by atoms with Crippen molar-refractivity contribution in [2.45, 2.75) is 28.4 Å². The van der Waals surface area contributed by atoms with E-state index in [4.69, 9.17) is 4.74 Å². The monoisotopic (exact) mass is 500 g/mol. The Labute approximate surface area is 169 Å². The van der Waals surface area contributed by atoms with E-state index >= 15 is 0 Å². The molecule has 1 aliphatic rings. The zero-order valence-electron chi connectivity index (χ0n) is 13.8. The topological polar surface area (TPSA) is 26.3 Å². The lowest BCUT2D eigenvalue weighted by Gasteiger charge is -2.33. The van der Waals surface area contributed by atoms with Gasteiger partial charge in [-0.25, -0.2) is 4.79 Å². The average molecular weight is 502 g/mol. The molecule has 0 radical (unpaired) electrons. The number of benzene rings is 3. The maximum absolute atomic E-state index is 12.7. The third kappa shape index (κ3) is 3.36. The Balaban J connectivity index is 1.89. The lowest BCUT2D eigenvalue weighted by atomic mass is 9.85. The van der Waals surface area contributed by atoms with Gasteiger partial charge in [0.1, 0.15) is 6.10 Å². The number of ether oxygens (including phenoxy) is 1. The van der Waals surface area contributed by atoms with Gasteiger partial charge in [0.15, 0.2) is 0 Å². The highest BCUT2D eigenvalue weighted by molar-refractivity contribution is 9.10. The van der Waals surface area contributed by atoms with Crippen LogP contribution in [0.2, 0.25) is 0 Å². The van der Waals surface area contributed by atoms with Gasteiger partial charge in [0.25, 0.3) is 0 Å². The molecule has 140 valence electrons. The lowest BCUT2D eigenvalue weighted by molar-refractivity contribution is -0.205. The molecular weight excluding hydrogens is 489 g/mol. The van der Waals surface area contributed by atoms with Crippen LogP contribution in [0.1, 0.15) is 28.5 Å². The molecule has 0 saturated carbocycles. The van der Waals surface area contributed by atoms with Crippen LogP contribution in [0.4, 0.5) is 13.2 Å². The van der Waals surface area contributed by atoms with Gasteiger partial charge < -0.3 is 4.74 Å². The van der Waals surface area contributed by atoms with Crippen molar-refractivity contribution in [3.63, 3.8) is 0 Å². The van der Waals surface area contributed by atoms with Crippen molar-refractivity contribution in [3.05, 3.63) is 59.7 Å². The molecule has 0 N–H and O–H groups in total. The van der Waals surface area contributed by atoms with Crippen molar-refractivity contribution in [2.24, 2.45) is 0 Å². The highest BCUT2D eigenvalue weighted by Gasteiger charge is 2.45. The predicted octanol–water partition coefficient (Wildman–Crippen LogP) is 6.74. The molecule has 0 unspecified atom stereocenters. The second kappa shape index (κ2) is 6.78. The fourth-order valence-corrected chi connectivity index (χ4v) is 5.79. The Hall–Kier alpha value is -1.60. The van der Waals surface area contributed by atoms with E-state index in [-0.39, 0.29) is 4.83 Å². The fourth-order valence-electron chi connectivity index (χ4n) is 3.60. The molecule has 2 nitrogen and oxygen atoms in total. The summed E-state index contributed by atoms with van der Waals surface area (Å²) < 4.78 is 43.0.